The highest BCUT2D eigenvalue weighted by Gasteiger charge is 2.05. The predicted octanol–water partition coefficient (Wildman–Crippen LogP) is 2.73. The predicted molar refractivity (Wildman–Crippen MR) is 103 cm³/mol. The van der Waals surface area contributed by atoms with Gasteiger partial charge in [0.1, 0.15) is 0 Å². The van der Waals surface area contributed by atoms with Crippen LogP contribution >= 0.6 is 24.0 Å². The summed E-state index contributed by atoms with van der Waals surface area (Å²) in [5, 5.41) is 2.95. The molecule has 6 heteroatoms. The van der Waals surface area contributed by atoms with Gasteiger partial charge in [-0.25, -0.2) is 0 Å². The number of guanidine groups is 1. The minimum atomic E-state index is 0. The van der Waals surface area contributed by atoms with E-state index in [0.29, 0.717) is 25.7 Å². The number of aryl methyl sites for hydroxylation is 1. The third-order valence-electron chi connectivity index (χ3n) is 2.86. The molecule has 0 aromatic heterocycles. The zero-order valence-electron chi connectivity index (χ0n) is 13.3. The quantitative estimate of drug-likeness (QED) is 0.212. The molecule has 0 aliphatic heterocycles. The summed E-state index contributed by atoms with van der Waals surface area (Å²) in [5.74, 6) is 2.00. The maximum Gasteiger partial charge on any atom is 0.188 e. The largest absolute Gasteiger partial charge is 0.493 e. The molecule has 1 rings (SSSR count). The standard InChI is InChI=1S/C16H25N3O2.HI/c1-4-10-18-16(17)19-11-6-7-13-8-9-14(20-3)15(12-13)21-5-2;/h4,8-9,12H,1,5-7,10-11H2,2-3H3,(H3,17,18,19);1H. The zero-order valence-corrected chi connectivity index (χ0v) is 15.6. The Hall–Kier alpha value is -1.44. The number of methoxy groups -OCH3 is 1. The first-order valence-electron chi connectivity index (χ1n) is 7.15. The van der Waals surface area contributed by atoms with Crippen LogP contribution in [0.15, 0.2) is 35.8 Å². The van der Waals surface area contributed by atoms with Crippen LogP contribution in [0.5, 0.6) is 11.5 Å². The van der Waals surface area contributed by atoms with Crippen LogP contribution in [0.4, 0.5) is 0 Å². The van der Waals surface area contributed by atoms with Gasteiger partial charge in [-0.1, -0.05) is 12.1 Å². The molecule has 0 spiro atoms. The summed E-state index contributed by atoms with van der Waals surface area (Å²) in [6, 6.07) is 6.00. The Morgan fingerprint density at radius 1 is 1.41 bits per heavy atom. The number of halogens is 1. The average Bonchev–Trinajstić information content (AvgIpc) is 2.50. The molecule has 0 heterocycles. The van der Waals surface area contributed by atoms with Crippen molar-refractivity contribution in [2.75, 3.05) is 26.8 Å². The van der Waals surface area contributed by atoms with Crippen molar-refractivity contribution in [1.82, 2.24) is 5.32 Å². The van der Waals surface area contributed by atoms with Crippen molar-refractivity contribution in [3.63, 3.8) is 0 Å². The third kappa shape index (κ3) is 7.53. The van der Waals surface area contributed by atoms with Gasteiger partial charge in [0.15, 0.2) is 17.5 Å². The van der Waals surface area contributed by atoms with E-state index in [1.807, 2.05) is 25.1 Å². The van der Waals surface area contributed by atoms with Gasteiger partial charge in [0.2, 0.25) is 0 Å². The molecule has 0 fully saturated rings. The molecule has 0 aliphatic carbocycles. The normalized spacial score (nSPS) is 10.5. The number of nitrogens with one attached hydrogen (secondary N) is 1. The van der Waals surface area contributed by atoms with E-state index in [2.05, 4.69) is 16.9 Å². The van der Waals surface area contributed by atoms with Gasteiger partial charge >= 0.3 is 0 Å². The van der Waals surface area contributed by atoms with Crippen LogP contribution in [-0.4, -0.2) is 32.8 Å². The summed E-state index contributed by atoms with van der Waals surface area (Å²) in [5.41, 5.74) is 6.90. The first-order chi connectivity index (χ1) is 10.2. The number of hydrogen-bond acceptors (Lipinski definition) is 3. The molecular weight excluding hydrogens is 393 g/mol. The smallest absolute Gasteiger partial charge is 0.188 e. The molecule has 0 unspecified atom stereocenters. The van der Waals surface area contributed by atoms with Crippen LogP contribution in [0.25, 0.3) is 0 Å². The van der Waals surface area contributed by atoms with Gasteiger partial charge in [-0.05, 0) is 37.5 Å². The lowest BCUT2D eigenvalue weighted by Gasteiger charge is -2.11. The Bertz CT molecular complexity index is 478. The minimum absolute atomic E-state index is 0. The lowest BCUT2D eigenvalue weighted by molar-refractivity contribution is 0.310. The van der Waals surface area contributed by atoms with E-state index >= 15 is 0 Å². The molecule has 5 nitrogen and oxygen atoms in total. The van der Waals surface area contributed by atoms with Gasteiger partial charge in [-0.2, -0.15) is 0 Å². The fraction of sp³-hybridized carbons (Fsp3) is 0.438. The second-order valence-electron chi connectivity index (χ2n) is 4.46. The molecule has 1 aromatic rings. The minimum Gasteiger partial charge on any atom is -0.493 e. The number of aliphatic imine (C=N–C) groups is 1. The van der Waals surface area contributed by atoms with Crippen LogP contribution in [0.2, 0.25) is 0 Å². The molecule has 0 saturated carbocycles. The van der Waals surface area contributed by atoms with Crippen LogP contribution in [0.3, 0.4) is 0 Å². The van der Waals surface area contributed by atoms with Crippen molar-refractivity contribution in [3.8, 4) is 11.5 Å². The van der Waals surface area contributed by atoms with Crippen molar-refractivity contribution in [3.05, 3.63) is 36.4 Å². The SMILES string of the molecule is C=CCNC(N)=NCCCc1ccc(OC)c(OCC)c1.I. The summed E-state index contributed by atoms with van der Waals surface area (Å²) in [6.45, 7) is 7.51. The number of ether oxygens (including phenoxy) is 2. The van der Waals surface area contributed by atoms with Crippen LogP contribution < -0.4 is 20.5 Å². The Labute approximate surface area is 150 Å². The molecule has 1 aromatic carbocycles. The van der Waals surface area contributed by atoms with Crippen LogP contribution in [0.1, 0.15) is 18.9 Å². The second kappa shape index (κ2) is 12.1. The van der Waals surface area contributed by atoms with E-state index in [4.69, 9.17) is 15.2 Å². The van der Waals surface area contributed by atoms with Crippen molar-refractivity contribution in [2.24, 2.45) is 10.7 Å². The lowest BCUT2D eigenvalue weighted by atomic mass is 10.1. The molecular formula is C16H26IN3O2. The van der Waals surface area contributed by atoms with Gasteiger partial charge in [0, 0.05) is 13.1 Å². The molecule has 0 saturated heterocycles. The number of nitrogens with zero attached hydrogens (tertiary/aromatic N) is 1. The van der Waals surface area contributed by atoms with Crippen LogP contribution in [0, 0.1) is 0 Å². The summed E-state index contributed by atoms with van der Waals surface area (Å²) < 4.78 is 10.8. The molecule has 0 radical (unpaired) electrons. The van der Waals surface area contributed by atoms with Crippen LogP contribution in [-0.2, 0) is 6.42 Å². The molecule has 0 atom stereocenters. The third-order valence-corrected chi connectivity index (χ3v) is 2.86. The zero-order chi connectivity index (χ0) is 15.5. The highest BCUT2D eigenvalue weighted by Crippen LogP contribution is 2.28. The van der Waals surface area contributed by atoms with E-state index < -0.39 is 0 Å². The Morgan fingerprint density at radius 3 is 2.82 bits per heavy atom. The van der Waals surface area contributed by atoms with E-state index in [0.717, 1.165) is 24.3 Å². The van der Waals surface area contributed by atoms with Gasteiger partial charge in [0.25, 0.3) is 0 Å². The molecule has 0 bridgehead atoms. The maximum absolute atomic E-state index is 5.70. The average molecular weight is 419 g/mol. The number of hydrogen-bond donors (Lipinski definition) is 2. The summed E-state index contributed by atoms with van der Waals surface area (Å²) in [6.07, 6.45) is 3.59. The monoisotopic (exact) mass is 419 g/mol. The van der Waals surface area contributed by atoms with Gasteiger partial charge < -0.3 is 20.5 Å². The number of nitrogens with two attached hydrogens (primary N) is 1. The van der Waals surface area contributed by atoms with Crippen molar-refractivity contribution >= 4 is 29.9 Å². The summed E-state index contributed by atoms with van der Waals surface area (Å²) in [7, 11) is 1.64. The van der Waals surface area contributed by atoms with E-state index in [9.17, 15) is 0 Å². The highest BCUT2D eigenvalue weighted by molar-refractivity contribution is 14.0. The van der Waals surface area contributed by atoms with Crippen molar-refractivity contribution < 1.29 is 9.47 Å². The molecule has 22 heavy (non-hydrogen) atoms. The van der Waals surface area contributed by atoms with Gasteiger partial charge in [-0.15, -0.1) is 30.6 Å². The van der Waals surface area contributed by atoms with E-state index in [1.54, 1.807) is 13.2 Å². The number of benzene rings is 1. The molecule has 3 N–H and O–H groups in total. The molecule has 0 aliphatic rings. The molecule has 124 valence electrons. The fourth-order valence-corrected chi connectivity index (χ4v) is 1.86. The van der Waals surface area contributed by atoms with Gasteiger partial charge in [-0.3, -0.25) is 4.99 Å². The van der Waals surface area contributed by atoms with E-state index in [1.165, 1.54) is 5.56 Å². The van der Waals surface area contributed by atoms with Crippen molar-refractivity contribution in [1.29, 1.82) is 0 Å². The second-order valence-corrected chi connectivity index (χ2v) is 4.46. The van der Waals surface area contributed by atoms with Crippen molar-refractivity contribution in [2.45, 2.75) is 19.8 Å². The first kappa shape index (κ1) is 20.6. The highest BCUT2D eigenvalue weighted by atomic mass is 127. The Kier molecular flexibility index (Phi) is 11.3. The Balaban J connectivity index is 0.00000441. The fourth-order valence-electron chi connectivity index (χ4n) is 1.86. The molecule has 0 amide bonds. The van der Waals surface area contributed by atoms with E-state index in [-0.39, 0.29) is 24.0 Å². The van der Waals surface area contributed by atoms with Gasteiger partial charge in [0.05, 0.1) is 13.7 Å². The summed E-state index contributed by atoms with van der Waals surface area (Å²) in [4.78, 5) is 4.25. The summed E-state index contributed by atoms with van der Waals surface area (Å²) >= 11 is 0. The lowest BCUT2D eigenvalue weighted by Crippen LogP contribution is -2.31. The Morgan fingerprint density at radius 2 is 2.18 bits per heavy atom. The number of rotatable bonds is 9. The first-order valence-corrected chi connectivity index (χ1v) is 7.15. The topological polar surface area (TPSA) is 68.9 Å². The maximum atomic E-state index is 5.70.